The summed E-state index contributed by atoms with van der Waals surface area (Å²) in [6.07, 6.45) is -23.6. The molecular weight excluding hydrogens is 675 g/mol. The molecule has 0 amide bonds. The van der Waals surface area contributed by atoms with Gasteiger partial charge in [-0.2, -0.15) is 52.7 Å². The van der Waals surface area contributed by atoms with Crippen LogP contribution in [0.25, 0.3) is 5.83 Å². The van der Waals surface area contributed by atoms with Crippen molar-refractivity contribution in [3.63, 3.8) is 0 Å². The second kappa shape index (κ2) is 13.3. The topological polar surface area (TPSA) is 51.2 Å². The van der Waals surface area contributed by atoms with E-state index in [0.29, 0.717) is 24.3 Å². The molecule has 2 rings (SSSR count). The summed E-state index contributed by atoms with van der Waals surface area (Å²) in [4.78, 5) is 12.6. The predicted octanol–water partition coefficient (Wildman–Crippen LogP) is 9.31. The number of rotatable bonds is 10. The summed E-state index contributed by atoms with van der Waals surface area (Å²) in [5, 5.41) is -0.563. The van der Waals surface area contributed by atoms with Gasteiger partial charge in [0, 0.05) is 22.6 Å². The van der Waals surface area contributed by atoms with Crippen molar-refractivity contribution in [3.8, 4) is 0 Å². The van der Waals surface area contributed by atoms with E-state index in [-0.39, 0.29) is 12.1 Å². The Kier molecular flexibility index (Phi) is 11.3. The lowest BCUT2D eigenvalue weighted by Gasteiger charge is -2.20. The van der Waals surface area contributed by atoms with Crippen molar-refractivity contribution < 1.29 is 70.3 Å². The van der Waals surface area contributed by atoms with Gasteiger partial charge in [-0.05, 0) is 41.3 Å². The lowest BCUT2D eigenvalue weighted by atomic mass is 9.92. The number of ketones is 1. The van der Waals surface area contributed by atoms with E-state index in [2.05, 4.69) is 0 Å². The second-order valence-electron chi connectivity index (χ2n) is 9.88. The number of carbonyl (C=O) groups excluding carboxylic acids is 1. The van der Waals surface area contributed by atoms with Crippen LogP contribution in [0.4, 0.5) is 57.1 Å². The number of Topliss-reactive ketones (excluding diaryl/α,β-unsaturated/α-hetero) is 1. The molecule has 3 nitrogen and oxygen atoms in total. The Bertz CT molecular complexity index is 1490. The molecule has 0 aliphatic carbocycles. The van der Waals surface area contributed by atoms with Crippen LogP contribution in [0.2, 0.25) is 5.02 Å². The molecule has 18 heteroatoms. The minimum Gasteiger partial charge on any atom is -0.294 e. The lowest BCUT2D eigenvalue weighted by molar-refractivity contribution is -0.140. The third kappa shape index (κ3) is 11.6. The van der Waals surface area contributed by atoms with Crippen molar-refractivity contribution in [1.29, 1.82) is 0 Å². The summed E-state index contributed by atoms with van der Waals surface area (Å²) in [5.74, 6) is -11.1. The zero-order valence-electron chi connectivity index (χ0n) is 21.9. The molecule has 0 fully saturated rings. The highest BCUT2D eigenvalue weighted by molar-refractivity contribution is 7.91. The van der Waals surface area contributed by atoms with E-state index in [1.54, 1.807) is 0 Å². The molecular formula is C26H20ClF13O3S. The Labute approximate surface area is 246 Å². The number of benzene rings is 2. The van der Waals surface area contributed by atoms with Gasteiger partial charge in [0.25, 0.3) is 0 Å². The van der Waals surface area contributed by atoms with Gasteiger partial charge < -0.3 is 0 Å². The highest BCUT2D eigenvalue weighted by Crippen LogP contribution is 2.41. The summed E-state index contributed by atoms with van der Waals surface area (Å²) in [6, 6.07) is 2.67. The maximum absolute atomic E-state index is 15.0. The quantitative estimate of drug-likeness (QED) is 0.184. The molecule has 246 valence electrons. The Morgan fingerprint density at radius 2 is 1.48 bits per heavy atom. The Hall–Kier alpha value is -2.82. The van der Waals surface area contributed by atoms with Crippen LogP contribution in [0.5, 0.6) is 0 Å². The summed E-state index contributed by atoms with van der Waals surface area (Å²) >= 11 is 5.65. The SMILES string of the molecule is C[C@@H](CC(=O)c1ccc(/C(F)=C/C(c2cc(Cl)cc(CC(F)(F)F)c2)C(F)(F)F)cc1C(F)(F)F)CS(=O)(=O)CC(F)(F)F. The Balaban J connectivity index is 2.49. The van der Waals surface area contributed by atoms with Crippen molar-refractivity contribution in [1.82, 2.24) is 0 Å². The molecule has 2 aromatic rings. The molecule has 2 atom stereocenters. The summed E-state index contributed by atoms with van der Waals surface area (Å²) in [7, 11) is -4.80. The molecule has 0 radical (unpaired) electrons. The van der Waals surface area contributed by atoms with Crippen molar-refractivity contribution in [2.75, 3.05) is 11.5 Å². The van der Waals surface area contributed by atoms with Gasteiger partial charge in [0.15, 0.2) is 15.6 Å². The zero-order valence-corrected chi connectivity index (χ0v) is 23.5. The van der Waals surface area contributed by atoms with Crippen LogP contribution < -0.4 is 0 Å². The highest BCUT2D eigenvalue weighted by atomic mass is 35.5. The molecule has 0 aliphatic rings. The van der Waals surface area contributed by atoms with Crippen LogP contribution >= 0.6 is 11.6 Å². The van der Waals surface area contributed by atoms with E-state index in [1.807, 2.05) is 0 Å². The number of allylic oxidation sites excluding steroid dienone is 1. The van der Waals surface area contributed by atoms with Crippen LogP contribution in [0.3, 0.4) is 0 Å². The summed E-state index contributed by atoms with van der Waals surface area (Å²) in [5.41, 5.74) is -5.76. The zero-order chi connectivity index (χ0) is 34.1. The van der Waals surface area contributed by atoms with E-state index in [9.17, 15) is 65.9 Å². The lowest BCUT2D eigenvalue weighted by Crippen LogP contribution is -2.28. The first-order valence-electron chi connectivity index (χ1n) is 12.0. The summed E-state index contributed by atoms with van der Waals surface area (Å²) < 4.78 is 197. The molecule has 0 heterocycles. The van der Waals surface area contributed by atoms with Crippen LogP contribution in [0, 0.1) is 5.92 Å². The molecule has 0 aromatic heterocycles. The van der Waals surface area contributed by atoms with Crippen molar-refractivity contribution >= 4 is 33.0 Å². The molecule has 2 aromatic carbocycles. The predicted molar refractivity (Wildman–Crippen MR) is 133 cm³/mol. The third-order valence-corrected chi connectivity index (χ3v) is 7.83. The fourth-order valence-corrected chi connectivity index (χ4v) is 6.08. The first-order valence-corrected chi connectivity index (χ1v) is 14.2. The van der Waals surface area contributed by atoms with E-state index in [0.717, 1.165) is 13.0 Å². The average molecular weight is 695 g/mol. The third-order valence-electron chi connectivity index (χ3n) is 5.77. The van der Waals surface area contributed by atoms with Gasteiger partial charge >= 0.3 is 24.7 Å². The maximum atomic E-state index is 15.0. The van der Waals surface area contributed by atoms with Crippen LogP contribution in [-0.4, -0.2) is 44.2 Å². The average Bonchev–Trinajstić information content (AvgIpc) is 2.76. The number of alkyl halides is 12. The van der Waals surface area contributed by atoms with E-state index >= 15 is 4.39 Å². The van der Waals surface area contributed by atoms with Gasteiger partial charge in [0.1, 0.15) is 17.5 Å². The fraction of sp³-hybridized carbons (Fsp3) is 0.423. The molecule has 0 spiro atoms. The number of halogens is 14. The van der Waals surface area contributed by atoms with Gasteiger partial charge in [0.05, 0.1) is 17.7 Å². The largest absolute Gasteiger partial charge is 0.417 e. The van der Waals surface area contributed by atoms with Gasteiger partial charge in [-0.3, -0.25) is 4.79 Å². The maximum Gasteiger partial charge on any atom is 0.417 e. The van der Waals surface area contributed by atoms with Gasteiger partial charge in [-0.25, -0.2) is 12.8 Å². The molecule has 0 bridgehead atoms. The first-order chi connectivity index (χ1) is 19.7. The smallest absolute Gasteiger partial charge is 0.294 e. The monoisotopic (exact) mass is 694 g/mol. The van der Waals surface area contributed by atoms with Crippen LogP contribution in [0.15, 0.2) is 42.5 Å². The number of carbonyl (C=O) groups is 1. The Morgan fingerprint density at radius 1 is 0.886 bits per heavy atom. The van der Waals surface area contributed by atoms with Crippen molar-refractivity contribution in [3.05, 3.63) is 75.3 Å². The Morgan fingerprint density at radius 3 is 1.98 bits per heavy atom. The van der Waals surface area contributed by atoms with E-state index < -0.39 is 115 Å². The molecule has 0 aliphatic heterocycles. The van der Waals surface area contributed by atoms with E-state index in [4.69, 9.17) is 11.6 Å². The highest BCUT2D eigenvalue weighted by Gasteiger charge is 2.41. The standard InChI is InChI=1S/C26H20ClF13O3S/c1-13(11-44(42,43)12-24(32,33)34)4-22(41)18-3-2-15(8-20(18)26(38,39)40)21(28)9-19(25(35,36)37)16-5-14(6-17(27)7-16)10-23(29,30)31/h2-3,5-9,13,19H,4,10-12H2,1H3/b21-9-/t13-,19?/m0/s1. The molecule has 44 heavy (non-hydrogen) atoms. The second-order valence-corrected chi connectivity index (χ2v) is 12.4. The first kappa shape index (κ1) is 37.4. The normalized spacial score (nSPS) is 15.3. The number of sulfone groups is 1. The van der Waals surface area contributed by atoms with Gasteiger partial charge in [-0.15, -0.1) is 0 Å². The fourth-order valence-electron chi connectivity index (χ4n) is 4.21. The van der Waals surface area contributed by atoms with Gasteiger partial charge in [-0.1, -0.05) is 36.7 Å². The van der Waals surface area contributed by atoms with Crippen molar-refractivity contribution in [2.45, 2.75) is 50.4 Å². The molecule has 0 N–H and O–H groups in total. The minimum absolute atomic E-state index is 0.00931. The molecule has 0 saturated heterocycles. The minimum atomic E-state index is -5.41. The van der Waals surface area contributed by atoms with E-state index in [1.165, 1.54) is 0 Å². The molecule has 0 saturated carbocycles. The summed E-state index contributed by atoms with van der Waals surface area (Å²) in [6.45, 7) is 0.989. The van der Waals surface area contributed by atoms with Crippen LogP contribution in [-0.2, 0) is 22.4 Å². The molecule has 1 unspecified atom stereocenters. The van der Waals surface area contributed by atoms with Crippen LogP contribution in [0.1, 0.15) is 51.9 Å². The van der Waals surface area contributed by atoms with Crippen molar-refractivity contribution in [2.24, 2.45) is 5.92 Å². The number of hydrogen-bond acceptors (Lipinski definition) is 3. The number of hydrogen-bond donors (Lipinski definition) is 0. The van der Waals surface area contributed by atoms with Gasteiger partial charge in [0.2, 0.25) is 0 Å².